The molecule has 0 aromatic carbocycles. The van der Waals surface area contributed by atoms with Crippen LogP contribution < -0.4 is 0 Å². The molecular formula is C8H9NO2S. The highest BCUT2D eigenvalue weighted by atomic mass is 32.2. The van der Waals surface area contributed by atoms with Crippen molar-refractivity contribution in [3.05, 3.63) is 23.9 Å². The molecule has 0 radical (unpaired) electrons. The number of hydrogen-bond donors (Lipinski definition) is 1. The molecule has 0 bridgehead atoms. The zero-order chi connectivity index (χ0) is 8.97. The van der Waals surface area contributed by atoms with Crippen LogP contribution in [0.2, 0.25) is 0 Å². The van der Waals surface area contributed by atoms with Gasteiger partial charge in [0.25, 0.3) is 0 Å². The Labute approximate surface area is 74.8 Å². The monoisotopic (exact) mass is 183 g/mol. The minimum atomic E-state index is -0.812. The minimum Gasteiger partial charge on any atom is -0.481 e. The van der Waals surface area contributed by atoms with Crippen molar-refractivity contribution in [1.82, 2.24) is 4.98 Å². The van der Waals surface area contributed by atoms with Gasteiger partial charge in [-0.2, -0.15) is 0 Å². The van der Waals surface area contributed by atoms with E-state index < -0.39 is 5.97 Å². The maximum atomic E-state index is 10.3. The molecule has 0 fully saturated rings. The van der Waals surface area contributed by atoms with Gasteiger partial charge in [0.2, 0.25) is 0 Å². The Bertz CT molecular complexity index is 288. The van der Waals surface area contributed by atoms with E-state index in [0.717, 1.165) is 10.6 Å². The molecule has 12 heavy (non-hydrogen) atoms. The molecule has 1 heterocycles. The molecule has 4 heteroatoms. The van der Waals surface area contributed by atoms with Crippen LogP contribution in [0.5, 0.6) is 0 Å². The Hall–Kier alpha value is -1.03. The van der Waals surface area contributed by atoms with Gasteiger partial charge in [0.1, 0.15) is 0 Å². The van der Waals surface area contributed by atoms with Crippen LogP contribution in [0, 0.1) is 0 Å². The Kier molecular flexibility index (Phi) is 3.10. The number of carboxylic acids is 1. The van der Waals surface area contributed by atoms with Gasteiger partial charge < -0.3 is 5.11 Å². The van der Waals surface area contributed by atoms with Crippen LogP contribution in [0.4, 0.5) is 0 Å². The summed E-state index contributed by atoms with van der Waals surface area (Å²) in [6.45, 7) is 0. The molecule has 0 aliphatic carbocycles. The first kappa shape index (κ1) is 9.06. The molecule has 1 aromatic heterocycles. The number of aromatic nitrogens is 1. The van der Waals surface area contributed by atoms with Crippen LogP contribution >= 0.6 is 11.8 Å². The summed E-state index contributed by atoms with van der Waals surface area (Å²) in [6.07, 6.45) is 3.60. The lowest BCUT2D eigenvalue weighted by Gasteiger charge is -1.98. The molecule has 0 spiro atoms. The van der Waals surface area contributed by atoms with Crippen LogP contribution in [0.15, 0.2) is 23.4 Å². The molecule has 0 saturated carbocycles. The average molecular weight is 183 g/mol. The highest BCUT2D eigenvalue weighted by molar-refractivity contribution is 7.98. The molecular weight excluding hydrogens is 174 g/mol. The van der Waals surface area contributed by atoms with E-state index in [0.29, 0.717) is 0 Å². The first-order chi connectivity index (χ1) is 5.72. The quantitative estimate of drug-likeness (QED) is 0.720. The maximum absolute atomic E-state index is 10.3. The second-order valence-corrected chi connectivity index (χ2v) is 3.10. The predicted octanol–water partition coefficient (Wildman–Crippen LogP) is 1.43. The second kappa shape index (κ2) is 4.11. The Morgan fingerprint density at radius 2 is 2.50 bits per heavy atom. The second-order valence-electron chi connectivity index (χ2n) is 2.28. The van der Waals surface area contributed by atoms with Crippen LogP contribution in [0.1, 0.15) is 5.56 Å². The van der Waals surface area contributed by atoms with Crippen molar-refractivity contribution in [2.45, 2.75) is 11.4 Å². The normalized spacial score (nSPS) is 9.75. The van der Waals surface area contributed by atoms with Gasteiger partial charge in [0.05, 0.1) is 11.4 Å². The van der Waals surface area contributed by atoms with Gasteiger partial charge in [0, 0.05) is 6.20 Å². The Balaban J connectivity index is 2.79. The molecule has 64 valence electrons. The van der Waals surface area contributed by atoms with Gasteiger partial charge in [-0.05, 0) is 24.0 Å². The number of carbonyl (C=O) groups is 1. The third-order valence-electron chi connectivity index (χ3n) is 1.36. The molecule has 3 nitrogen and oxygen atoms in total. The van der Waals surface area contributed by atoms with Gasteiger partial charge in [-0.15, -0.1) is 11.8 Å². The number of carboxylic acid groups (broad SMARTS) is 1. The summed E-state index contributed by atoms with van der Waals surface area (Å²) in [5.41, 5.74) is 0.793. The largest absolute Gasteiger partial charge is 0.481 e. The number of hydrogen-bond acceptors (Lipinski definition) is 3. The third kappa shape index (κ3) is 2.54. The summed E-state index contributed by atoms with van der Waals surface area (Å²) in [4.78, 5) is 14.4. The first-order valence-electron chi connectivity index (χ1n) is 3.43. The summed E-state index contributed by atoms with van der Waals surface area (Å²) >= 11 is 1.51. The maximum Gasteiger partial charge on any atom is 0.307 e. The summed E-state index contributed by atoms with van der Waals surface area (Å²) in [7, 11) is 0. The topological polar surface area (TPSA) is 50.2 Å². The molecule has 0 unspecified atom stereocenters. The van der Waals surface area contributed by atoms with E-state index in [1.807, 2.05) is 6.26 Å². The van der Waals surface area contributed by atoms with Crippen LogP contribution in [-0.4, -0.2) is 22.3 Å². The first-order valence-corrected chi connectivity index (χ1v) is 4.65. The Morgan fingerprint density at radius 1 is 1.75 bits per heavy atom. The smallest absolute Gasteiger partial charge is 0.307 e. The van der Waals surface area contributed by atoms with Crippen molar-refractivity contribution < 1.29 is 9.90 Å². The highest BCUT2D eigenvalue weighted by Crippen LogP contribution is 2.12. The lowest BCUT2D eigenvalue weighted by Crippen LogP contribution is -2.00. The van der Waals surface area contributed by atoms with E-state index in [4.69, 9.17) is 5.11 Å². The van der Waals surface area contributed by atoms with Crippen molar-refractivity contribution in [3.63, 3.8) is 0 Å². The fraction of sp³-hybridized carbons (Fsp3) is 0.250. The van der Waals surface area contributed by atoms with E-state index in [1.54, 1.807) is 18.3 Å². The zero-order valence-corrected chi connectivity index (χ0v) is 7.47. The van der Waals surface area contributed by atoms with E-state index in [2.05, 4.69) is 4.98 Å². The third-order valence-corrected chi connectivity index (χ3v) is 2.01. The zero-order valence-electron chi connectivity index (χ0n) is 6.65. The van der Waals surface area contributed by atoms with E-state index in [-0.39, 0.29) is 6.42 Å². The lowest BCUT2D eigenvalue weighted by atomic mass is 10.2. The molecule has 1 aromatic rings. The molecule has 0 aliphatic heterocycles. The SMILES string of the molecule is CSc1cc(CC(=O)O)ccn1. The number of rotatable bonds is 3. The molecule has 0 amide bonds. The molecule has 0 aliphatic rings. The predicted molar refractivity (Wildman–Crippen MR) is 47.4 cm³/mol. The summed E-state index contributed by atoms with van der Waals surface area (Å²) in [6, 6.07) is 3.51. The van der Waals surface area contributed by atoms with Crippen molar-refractivity contribution in [3.8, 4) is 0 Å². The summed E-state index contributed by atoms with van der Waals surface area (Å²) < 4.78 is 0. The number of pyridine rings is 1. The van der Waals surface area contributed by atoms with Crippen LogP contribution in [0.3, 0.4) is 0 Å². The van der Waals surface area contributed by atoms with Gasteiger partial charge in [-0.1, -0.05) is 0 Å². The van der Waals surface area contributed by atoms with Crippen molar-refractivity contribution in [2.24, 2.45) is 0 Å². The molecule has 0 atom stereocenters. The highest BCUT2D eigenvalue weighted by Gasteiger charge is 2.00. The standard InChI is InChI=1S/C8H9NO2S/c1-12-7-4-6(2-3-9-7)5-8(10)11/h2-4H,5H2,1H3,(H,10,11). The van der Waals surface area contributed by atoms with Gasteiger partial charge in [0.15, 0.2) is 0 Å². The van der Waals surface area contributed by atoms with E-state index in [1.165, 1.54) is 11.8 Å². The van der Waals surface area contributed by atoms with Crippen molar-refractivity contribution in [2.75, 3.05) is 6.26 Å². The fourth-order valence-corrected chi connectivity index (χ4v) is 1.28. The van der Waals surface area contributed by atoms with E-state index >= 15 is 0 Å². The minimum absolute atomic E-state index is 0.0656. The molecule has 0 saturated heterocycles. The van der Waals surface area contributed by atoms with Gasteiger partial charge >= 0.3 is 5.97 Å². The summed E-state index contributed by atoms with van der Waals surface area (Å²) in [5, 5.41) is 9.36. The fourth-order valence-electron chi connectivity index (χ4n) is 0.847. The van der Waals surface area contributed by atoms with E-state index in [9.17, 15) is 4.79 Å². The lowest BCUT2D eigenvalue weighted by molar-refractivity contribution is -0.136. The number of thioether (sulfide) groups is 1. The van der Waals surface area contributed by atoms with Crippen LogP contribution in [-0.2, 0) is 11.2 Å². The van der Waals surface area contributed by atoms with Crippen LogP contribution in [0.25, 0.3) is 0 Å². The van der Waals surface area contributed by atoms with Gasteiger partial charge in [-0.3, -0.25) is 4.79 Å². The average Bonchev–Trinajstić information content (AvgIpc) is 2.03. The van der Waals surface area contributed by atoms with Crippen molar-refractivity contribution in [1.29, 1.82) is 0 Å². The van der Waals surface area contributed by atoms with Crippen molar-refractivity contribution >= 4 is 17.7 Å². The molecule has 1 N–H and O–H groups in total. The molecule has 1 rings (SSSR count). The number of aliphatic carboxylic acids is 1. The number of nitrogens with zero attached hydrogens (tertiary/aromatic N) is 1. The Morgan fingerprint density at radius 3 is 3.08 bits per heavy atom. The summed E-state index contributed by atoms with van der Waals surface area (Å²) in [5.74, 6) is -0.812. The van der Waals surface area contributed by atoms with Gasteiger partial charge in [-0.25, -0.2) is 4.98 Å².